The number of carbonyl (C=O) groups excluding carboxylic acids is 1. The average Bonchev–Trinajstić information content (AvgIpc) is 1.95. The van der Waals surface area contributed by atoms with Crippen LogP contribution in [-0.2, 0) is 14.6 Å². The summed E-state index contributed by atoms with van der Waals surface area (Å²) in [5.41, 5.74) is 5.73. The Kier molecular flexibility index (Phi) is 3.08. The van der Waals surface area contributed by atoms with E-state index in [0.29, 0.717) is 12.8 Å². The third-order valence-electron chi connectivity index (χ3n) is 2.39. The zero-order valence-electron chi connectivity index (χ0n) is 7.69. The molecule has 1 rings (SSSR count). The van der Waals surface area contributed by atoms with E-state index in [1.54, 1.807) is 0 Å². The van der Waals surface area contributed by atoms with Gasteiger partial charge in [-0.15, -0.1) is 0 Å². The summed E-state index contributed by atoms with van der Waals surface area (Å²) in [7, 11) is -2.94. The number of carbonyl (C=O) groups is 1. The lowest BCUT2D eigenvalue weighted by atomic mass is 9.95. The zero-order chi connectivity index (χ0) is 10.1. The average molecular weight is 205 g/mol. The Balaban J connectivity index is 2.66. The van der Waals surface area contributed by atoms with E-state index in [2.05, 4.69) is 0 Å². The predicted molar refractivity (Wildman–Crippen MR) is 50.0 cm³/mol. The van der Waals surface area contributed by atoms with E-state index in [1.165, 1.54) is 6.92 Å². The van der Waals surface area contributed by atoms with Crippen molar-refractivity contribution < 1.29 is 13.2 Å². The Bertz CT molecular complexity index is 297. The van der Waals surface area contributed by atoms with Crippen LogP contribution in [0.25, 0.3) is 0 Å². The van der Waals surface area contributed by atoms with Crippen molar-refractivity contribution in [3.8, 4) is 0 Å². The largest absolute Gasteiger partial charge is 0.327 e. The minimum Gasteiger partial charge on any atom is -0.327 e. The summed E-state index contributed by atoms with van der Waals surface area (Å²) >= 11 is 0. The van der Waals surface area contributed by atoms with Gasteiger partial charge in [0.2, 0.25) is 0 Å². The third kappa shape index (κ3) is 3.08. The van der Waals surface area contributed by atoms with Crippen LogP contribution in [0.1, 0.15) is 19.8 Å². The highest BCUT2D eigenvalue weighted by molar-refractivity contribution is 7.91. The van der Waals surface area contributed by atoms with Crippen LogP contribution >= 0.6 is 0 Å². The van der Waals surface area contributed by atoms with Crippen LogP contribution in [0.15, 0.2) is 0 Å². The van der Waals surface area contributed by atoms with Gasteiger partial charge in [0, 0.05) is 12.5 Å². The molecule has 5 heteroatoms. The van der Waals surface area contributed by atoms with Gasteiger partial charge in [0.25, 0.3) is 0 Å². The second-order valence-electron chi connectivity index (χ2n) is 3.73. The van der Waals surface area contributed by atoms with Crippen LogP contribution < -0.4 is 5.73 Å². The summed E-state index contributed by atoms with van der Waals surface area (Å²) in [6.45, 7) is 1.47. The number of sulfone groups is 1. The molecule has 2 N–H and O–H groups in total. The molecule has 2 atom stereocenters. The lowest BCUT2D eigenvalue weighted by Crippen LogP contribution is -2.42. The molecular formula is C8H15NO3S. The van der Waals surface area contributed by atoms with E-state index in [1.807, 2.05) is 0 Å². The molecule has 13 heavy (non-hydrogen) atoms. The van der Waals surface area contributed by atoms with E-state index in [-0.39, 0.29) is 29.2 Å². The van der Waals surface area contributed by atoms with Crippen molar-refractivity contribution in [2.75, 3.05) is 11.5 Å². The van der Waals surface area contributed by atoms with Crippen molar-refractivity contribution in [2.45, 2.75) is 25.8 Å². The van der Waals surface area contributed by atoms with Gasteiger partial charge in [-0.05, 0) is 19.3 Å². The highest BCUT2D eigenvalue weighted by Gasteiger charge is 2.31. The minimum atomic E-state index is -2.94. The SMILES string of the molecule is CC(=O)CC1CS(=O)(=O)CCC1N. The molecule has 0 amide bonds. The number of hydrogen-bond acceptors (Lipinski definition) is 4. The van der Waals surface area contributed by atoms with Gasteiger partial charge in [0.1, 0.15) is 5.78 Å². The fourth-order valence-electron chi connectivity index (χ4n) is 1.66. The summed E-state index contributed by atoms with van der Waals surface area (Å²) in [5.74, 6) is 0.0878. The van der Waals surface area contributed by atoms with Crippen LogP contribution in [0.4, 0.5) is 0 Å². The Hall–Kier alpha value is -0.420. The molecule has 1 aliphatic heterocycles. The molecule has 4 nitrogen and oxygen atoms in total. The number of hydrogen-bond donors (Lipinski definition) is 1. The first kappa shape index (κ1) is 10.7. The molecule has 2 unspecified atom stereocenters. The van der Waals surface area contributed by atoms with E-state index < -0.39 is 9.84 Å². The van der Waals surface area contributed by atoms with Crippen molar-refractivity contribution in [3.63, 3.8) is 0 Å². The summed E-state index contributed by atoms with van der Waals surface area (Å²) in [4.78, 5) is 10.8. The second-order valence-corrected chi connectivity index (χ2v) is 5.96. The molecule has 1 aliphatic rings. The van der Waals surface area contributed by atoms with Crippen molar-refractivity contribution in [3.05, 3.63) is 0 Å². The highest BCUT2D eigenvalue weighted by atomic mass is 32.2. The molecule has 1 fully saturated rings. The fraction of sp³-hybridized carbons (Fsp3) is 0.875. The van der Waals surface area contributed by atoms with Crippen LogP contribution in [-0.4, -0.2) is 31.7 Å². The molecular weight excluding hydrogens is 190 g/mol. The van der Waals surface area contributed by atoms with Gasteiger partial charge in [0.05, 0.1) is 11.5 Å². The zero-order valence-corrected chi connectivity index (χ0v) is 8.51. The monoisotopic (exact) mass is 205 g/mol. The van der Waals surface area contributed by atoms with Gasteiger partial charge in [-0.1, -0.05) is 0 Å². The molecule has 1 heterocycles. The normalized spacial score (nSPS) is 32.8. The molecule has 0 aromatic heterocycles. The van der Waals surface area contributed by atoms with Crippen molar-refractivity contribution >= 4 is 15.6 Å². The van der Waals surface area contributed by atoms with E-state index >= 15 is 0 Å². The van der Waals surface area contributed by atoms with Crippen LogP contribution in [0, 0.1) is 5.92 Å². The van der Waals surface area contributed by atoms with Crippen molar-refractivity contribution in [1.29, 1.82) is 0 Å². The molecule has 76 valence electrons. The molecule has 0 aromatic rings. The molecule has 0 saturated carbocycles. The first-order valence-electron chi connectivity index (χ1n) is 4.36. The first-order valence-corrected chi connectivity index (χ1v) is 6.18. The van der Waals surface area contributed by atoms with Crippen molar-refractivity contribution in [2.24, 2.45) is 11.7 Å². The first-order chi connectivity index (χ1) is 5.91. The minimum absolute atomic E-state index is 0.0116. The number of nitrogens with two attached hydrogens (primary N) is 1. The summed E-state index contributed by atoms with van der Waals surface area (Å²) in [6.07, 6.45) is 0.778. The fourth-order valence-corrected chi connectivity index (χ4v) is 3.48. The molecule has 0 bridgehead atoms. The maximum absolute atomic E-state index is 11.2. The standard InChI is InChI=1S/C8H15NO3S/c1-6(10)4-7-5-13(11,12)3-2-8(7)9/h7-8H,2-5,9H2,1H3. The predicted octanol–water partition coefficient (Wildman–Crippen LogP) is -0.272. The highest BCUT2D eigenvalue weighted by Crippen LogP contribution is 2.20. The summed E-state index contributed by atoms with van der Waals surface area (Å²) in [5, 5.41) is 0. The van der Waals surface area contributed by atoms with Gasteiger partial charge in [0.15, 0.2) is 9.84 Å². The van der Waals surface area contributed by atoms with Gasteiger partial charge in [-0.3, -0.25) is 0 Å². The summed E-state index contributed by atoms with van der Waals surface area (Å²) < 4.78 is 22.4. The van der Waals surface area contributed by atoms with E-state index in [0.717, 1.165) is 0 Å². The number of rotatable bonds is 2. The number of ketones is 1. The summed E-state index contributed by atoms with van der Waals surface area (Å²) in [6, 6.07) is -0.132. The second kappa shape index (κ2) is 3.75. The van der Waals surface area contributed by atoms with Crippen LogP contribution in [0.2, 0.25) is 0 Å². The molecule has 1 saturated heterocycles. The Labute approximate surface area is 78.4 Å². The van der Waals surface area contributed by atoms with Crippen molar-refractivity contribution in [1.82, 2.24) is 0 Å². The smallest absolute Gasteiger partial charge is 0.150 e. The quantitative estimate of drug-likeness (QED) is 0.673. The lowest BCUT2D eigenvalue weighted by Gasteiger charge is -2.27. The maximum Gasteiger partial charge on any atom is 0.150 e. The maximum atomic E-state index is 11.2. The lowest BCUT2D eigenvalue weighted by molar-refractivity contribution is -0.117. The van der Waals surface area contributed by atoms with Gasteiger partial charge in [-0.2, -0.15) is 0 Å². The third-order valence-corrected chi connectivity index (χ3v) is 4.18. The molecule has 0 radical (unpaired) electrons. The van der Waals surface area contributed by atoms with Gasteiger partial charge >= 0.3 is 0 Å². The number of Topliss-reactive ketones (excluding diaryl/α,β-unsaturated/α-hetero) is 1. The van der Waals surface area contributed by atoms with E-state index in [4.69, 9.17) is 5.73 Å². The topological polar surface area (TPSA) is 77.2 Å². The Morgan fingerprint density at radius 2 is 2.15 bits per heavy atom. The van der Waals surface area contributed by atoms with Gasteiger partial charge in [-0.25, -0.2) is 8.42 Å². The Morgan fingerprint density at radius 1 is 1.54 bits per heavy atom. The Morgan fingerprint density at radius 3 is 2.69 bits per heavy atom. The van der Waals surface area contributed by atoms with Crippen LogP contribution in [0.5, 0.6) is 0 Å². The molecule has 0 spiro atoms. The molecule has 0 aromatic carbocycles. The van der Waals surface area contributed by atoms with Gasteiger partial charge < -0.3 is 10.5 Å². The van der Waals surface area contributed by atoms with E-state index in [9.17, 15) is 13.2 Å². The van der Waals surface area contributed by atoms with Crippen LogP contribution in [0.3, 0.4) is 0 Å². The molecule has 0 aliphatic carbocycles.